The van der Waals surface area contributed by atoms with Crippen molar-refractivity contribution in [1.29, 1.82) is 0 Å². The lowest BCUT2D eigenvalue weighted by Gasteiger charge is -2.23. The van der Waals surface area contributed by atoms with Crippen LogP contribution in [0.5, 0.6) is 11.5 Å². The minimum Gasteiger partial charge on any atom is -0.492 e. The summed E-state index contributed by atoms with van der Waals surface area (Å²) in [5.41, 5.74) is 5.58. The van der Waals surface area contributed by atoms with Crippen molar-refractivity contribution in [2.24, 2.45) is 5.73 Å². The lowest BCUT2D eigenvalue weighted by atomic mass is 9.99. The normalized spacial score (nSPS) is 14.3. The number of rotatable bonds is 5. The summed E-state index contributed by atoms with van der Waals surface area (Å²) < 4.78 is 51.2. The number of ketones is 1. The fourth-order valence-electron chi connectivity index (χ4n) is 3.37. The number of benzene rings is 2. The molecular weight excluding hydrogens is 425 g/mol. The van der Waals surface area contributed by atoms with Crippen molar-refractivity contribution in [1.82, 2.24) is 4.98 Å². The maximum Gasteiger partial charge on any atom is 0.433 e. The van der Waals surface area contributed by atoms with E-state index in [1.165, 1.54) is 24.3 Å². The number of amides is 1. The molecule has 0 unspecified atom stereocenters. The number of primary amides is 1. The van der Waals surface area contributed by atoms with Crippen LogP contribution >= 0.6 is 0 Å². The predicted molar refractivity (Wildman–Crippen MR) is 108 cm³/mol. The van der Waals surface area contributed by atoms with E-state index in [0.29, 0.717) is 22.6 Å². The Morgan fingerprint density at radius 1 is 1.06 bits per heavy atom. The Balaban J connectivity index is 1.74. The molecule has 0 spiro atoms. The SMILES string of the molecule is NC(=O)c1ccc([C@H](Oc2ccc3c(c2)OCCC3=O)c2ccnc(C(F)(F)F)c2)cc1. The molecule has 1 amide bonds. The maximum absolute atomic E-state index is 13.2. The van der Waals surface area contributed by atoms with Gasteiger partial charge >= 0.3 is 6.18 Å². The minimum atomic E-state index is -4.63. The molecule has 0 fully saturated rings. The maximum atomic E-state index is 13.2. The van der Waals surface area contributed by atoms with Crippen molar-refractivity contribution in [2.75, 3.05) is 6.61 Å². The van der Waals surface area contributed by atoms with E-state index in [2.05, 4.69) is 4.98 Å². The van der Waals surface area contributed by atoms with Crippen LogP contribution in [0.1, 0.15) is 50.1 Å². The number of Topliss-reactive ketones (excluding diaryl/α,β-unsaturated/α-hetero) is 1. The fourth-order valence-corrected chi connectivity index (χ4v) is 3.37. The summed E-state index contributed by atoms with van der Waals surface area (Å²) in [4.78, 5) is 26.8. The average Bonchev–Trinajstić information content (AvgIpc) is 2.77. The molecule has 0 aliphatic carbocycles. The Hall–Kier alpha value is -3.88. The quantitative estimate of drug-likeness (QED) is 0.635. The topological polar surface area (TPSA) is 91.5 Å². The lowest BCUT2D eigenvalue weighted by Crippen LogP contribution is -2.16. The summed E-state index contributed by atoms with van der Waals surface area (Å²) in [6.07, 6.45) is -4.25. The van der Waals surface area contributed by atoms with E-state index in [-0.39, 0.29) is 29.9 Å². The molecule has 32 heavy (non-hydrogen) atoms. The molecule has 2 aromatic carbocycles. The molecule has 9 heteroatoms. The molecule has 4 rings (SSSR count). The lowest BCUT2D eigenvalue weighted by molar-refractivity contribution is -0.141. The van der Waals surface area contributed by atoms with Gasteiger partial charge in [-0.3, -0.25) is 14.6 Å². The van der Waals surface area contributed by atoms with E-state index in [0.717, 1.165) is 12.3 Å². The molecule has 2 N–H and O–H groups in total. The van der Waals surface area contributed by atoms with Gasteiger partial charge in [0, 0.05) is 29.8 Å². The third-order valence-electron chi connectivity index (χ3n) is 4.97. The van der Waals surface area contributed by atoms with Gasteiger partial charge < -0.3 is 15.2 Å². The Morgan fingerprint density at radius 2 is 1.81 bits per heavy atom. The van der Waals surface area contributed by atoms with Gasteiger partial charge in [-0.15, -0.1) is 0 Å². The first-order valence-electron chi connectivity index (χ1n) is 9.62. The van der Waals surface area contributed by atoms with Gasteiger partial charge in [0.05, 0.1) is 12.2 Å². The summed E-state index contributed by atoms with van der Waals surface area (Å²) >= 11 is 0. The van der Waals surface area contributed by atoms with Crippen molar-refractivity contribution in [2.45, 2.75) is 18.7 Å². The van der Waals surface area contributed by atoms with Crippen LogP contribution in [0.2, 0.25) is 0 Å². The first-order valence-corrected chi connectivity index (χ1v) is 9.62. The zero-order chi connectivity index (χ0) is 22.9. The van der Waals surface area contributed by atoms with Crippen molar-refractivity contribution >= 4 is 11.7 Å². The van der Waals surface area contributed by atoms with Gasteiger partial charge in [0.15, 0.2) is 5.78 Å². The van der Waals surface area contributed by atoms with Gasteiger partial charge in [0.25, 0.3) is 0 Å². The Kier molecular flexibility index (Phi) is 5.56. The molecule has 0 radical (unpaired) electrons. The van der Waals surface area contributed by atoms with Crippen LogP contribution in [0.15, 0.2) is 60.8 Å². The van der Waals surface area contributed by atoms with Gasteiger partial charge in [0.2, 0.25) is 5.91 Å². The fraction of sp³-hybridized carbons (Fsp3) is 0.174. The summed E-state index contributed by atoms with van der Waals surface area (Å²) in [7, 11) is 0. The Bertz CT molecular complexity index is 1180. The molecular formula is C23H17F3N2O4. The van der Waals surface area contributed by atoms with Gasteiger partial charge in [-0.25, -0.2) is 0 Å². The largest absolute Gasteiger partial charge is 0.492 e. The second kappa shape index (κ2) is 8.33. The van der Waals surface area contributed by atoms with Crippen LogP contribution in [-0.4, -0.2) is 23.3 Å². The minimum absolute atomic E-state index is 0.0552. The Labute approximate surface area is 180 Å². The number of ether oxygens (including phenoxy) is 2. The van der Waals surface area contributed by atoms with E-state index in [1.807, 2.05) is 0 Å². The molecule has 1 atom stereocenters. The number of carbonyl (C=O) groups is 2. The molecule has 164 valence electrons. The van der Waals surface area contributed by atoms with E-state index in [9.17, 15) is 22.8 Å². The third-order valence-corrected chi connectivity index (χ3v) is 4.97. The number of carbonyl (C=O) groups excluding carboxylic acids is 2. The molecule has 2 heterocycles. The smallest absolute Gasteiger partial charge is 0.433 e. The van der Waals surface area contributed by atoms with Crippen LogP contribution in [0.4, 0.5) is 13.2 Å². The molecule has 1 aliphatic heterocycles. The van der Waals surface area contributed by atoms with Gasteiger partial charge in [-0.05, 0) is 42.0 Å². The third kappa shape index (κ3) is 4.41. The number of pyridine rings is 1. The summed E-state index contributed by atoms with van der Waals surface area (Å²) in [6, 6.07) is 13.0. The first kappa shape index (κ1) is 21.4. The van der Waals surface area contributed by atoms with Crippen LogP contribution in [0.25, 0.3) is 0 Å². The second-order valence-electron chi connectivity index (χ2n) is 7.14. The standard InChI is InChI=1S/C23H17F3N2O4/c24-23(25,26)20-11-15(7-9-28-20)21(13-1-3-14(4-2-13)22(27)30)32-16-5-6-17-18(29)8-10-31-19(17)12-16/h1-7,9,11-12,21H,8,10H2,(H2,27,30)/t21-/m0/s1. The van der Waals surface area contributed by atoms with Gasteiger partial charge in [-0.2, -0.15) is 13.2 Å². The zero-order valence-corrected chi connectivity index (χ0v) is 16.6. The van der Waals surface area contributed by atoms with Gasteiger partial charge in [-0.1, -0.05) is 12.1 Å². The summed E-state index contributed by atoms with van der Waals surface area (Å²) in [5.74, 6) is -0.0331. The Morgan fingerprint density at radius 3 is 2.50 bits per heavy atom. The molecule has 0 bridgehead atoms. The van der Waals surface area contributed by atoms with E-state index in [1.54, 1.807) is 24.3 Å². The van der Waals surface area contributed by atoms with Crippen molar-refractivity contribution < 1.29 is 32.2 Å². The number of alkyl halides is 3. The highest BCUT2D eigenvalue weighted by atomic mass is 19.4. The van der Waals surface area contributed by atoms with Crippen molar-refractivity contribution in [3.05, 3.63) is 88.7 Å². The van der Waals surface area contributed by atoms with Crippen LogP contribution in [-0.2, 0) is 6.18 Å². The van der Waals surface area contributed by atoms with Crippen LogP contribution < -0.4 is 15.2 Å². The molecule has 0 saturated carbocycles. The number of hydrogen-bond acceptors (Lipinski definition) is 5. The molecule has 1 aliphatic rings. The number of halogens is 3. The predicted octanol–water partition coefficient (Wildman–Crippen LogP) is 4.33. The molecule has 0 saturated heterocycles. The zero-order valence-electron chi connectivity index (χ0n) is 16.6. The second-order valence-corrected chi connectivity index (χ2v) is 7.14. The number of fused-ring (bicyclic) bond motifs is 1. The number of hydrogen-bond donors (Lipinski definition) is 1. The van der Waals surface area contributed by atoms with Crippen molar-refractivity contribution in [3.63, 3.8) is 0 Å². The van der Waals surface area contributed by atoms with Crippen LogP contribution in [0, 0.1) is 0 Å². The summed E-state index contributed by atoms with van der Waals surface area (Å²) in [5, 5.41) is 0. The van der Waals surface area contributed by atoms with E-state index in [4.69, 9.17) is 15.2 Å². The van der Waals surface area contributed by atoms with E-state index >= 15 is 0 Å². The highest BCUT2D eigenvalue weighted by Gasteiger charge is 2.33. The molecule has 6 nitrogen and oxygen atoms in total. The van der Waals surface area contributed by atoms with E-state index < -0.39 is 23.9 Å². The van der Waals surface area contributed by atoms with Gasteiger partial charge in [0.1, 0.15) is 23.3 Å². The number of aromatic nitrogens is 1. The monoisotopic (exact) mass is 442 g/mol. The number of nitrogens with zero attached hydrogens (tertiary/aromatic N) is 1. The average molecular weight is 442 g/mol. The van der Waals surface area contributed by atoms with Crippen LogP contribution in [0.3, 0.4) is 0 Å². The highest BCUT2D eigenvalue weighted by Crippen LogP contribution is 2.35. The first-order chi connectivity index (χ1) is 15.2. The van der Waals surface area contributed by atoms with Crippen molar-refractivity contribution in [3.8, 4) is 11.5 Å². The number of nitrogens with two attached hydrogens (primary N) is 1. The highest BCUT2D eigenvalue weighted by molar-refractivity contribution is 5.99. The molecule has 1 aromatic heterocycles. The molecule has 3 aromatic rings. The summed E-state index contributed by atoms with van der Waals surface area (Å²) in [6.45, 7) is 0.243.